The second-order valence-corrected chi connectivity index (χ2v) is 3.54. The summed E-state index contributed by atoms with van der Waals surface area (Å²) in [5.41, 5.74) is 1.25. The molecule has 0 saturated heterocycles. The normalized spacial score (nSPS) is 14.6. The van der Waals surface area contributed by atoms with Crippen molar-refractivity contribution in [3.63, 3.8) is 0 Å². The minimum absolute atomic E-state index is 0.256. The zero-order chi connectivity index (χ0) is 11.5. The van der Waals surface area contributed by atoms with Gasteiger partial charge in [0.25, 0.3) is 0 Å². The molecule has 1 heterocycles. The van der Waals surface area contributed by atoms with E-state index < -0.39 is 6.09 Å². The molecule has 1 aliphatic heterocycles. The monoisotopic (exact) mass is 221 g/mol. The molecule has 16 heavy (non-hydrogen) atoms. The summed E-state index contributed by atoms with van der Waals surface area (Å²) < 4.78 is 5.41. The van der Waals surface area contributed by atoms with Crippen molar-refractivity contribution in [2.45, 2.75) is 6.54 Å². The van der Waals surface area contributed by atoms with Crippen molar-refractivity contribution in [3.8, 4) is 5.75 Å². The van der Waals surface area contributed by atoms with Gasteiger partial charge in [0, 0.05) is 11.1 Å². The topological polar surface area (TPSA) is 66.8 Å². The van der Waals surface area contributed by atoms with Crippen LogP contribution in [-0.4, -0.2) is 35.5 Å². The van der Waals surface area contributed by atoms with Gasteiger partial charge in [-0.1, -0.05) is 0 Å². The van der Waals surface area contributed by atoms with E-state index in [9.17, 15) is 9.59 Å². The van der Waals surface area contributed by atoms with Gasteiger partial charge in [-0.15, -0.1) is 0 Å². The molecule has 5 nitrogen and oxygen atoms in total. The average Bonchev–Trinajstić information content (AvgIpc) is 2.49. The quantitative estimate of drug-likeness (QED) is 0.727. The van der Waals surface area contributed by atoms with Gasteiger partial charge in [-0.25, -0.2) is 4.79 Å². The predicted octanol–water partition coefficient (Wildman–Crippen LogP) is 1.37. The van der Waals surface area contributed by atoms with Crippen LogP contribution in [0.4, 0.5) is 4.79 Å². The van der Waals surface area contributed by atoms with Crippen LogP contribution in [-0.2, 0) is 6.54 Å². The highest BCUT2D eigenvalue weighted by Crippen LogP contribution is 2.23. The summed E-state index contributed by atoms with van der Waals surface area (Å²) in [6.07, 6.45) is -0.246. The molecule has 1 amide bonds. The summed E-state index contributed by atoms with van der Waals surface area (Å²) in [5.74, 6) is 0.648. The van der Waals surface area contributed by atoms with Crippen LogP contribution < -0.4 is 4.74 Å². The molecule has 0 aliphatic carbocycles. The molecule has 0 saturated carbocycles. The first-order valence-electron chi connectivity index (χ1n) is 4.89. The molecule has 2 rings (SSSR count). The Bertz CT molecular complexity index is 430. The number of carboxylic acid groups (broad SMARTS) is 1. The molecule has 0 radical (unpaired) electrons. The lowest BCUT2D eigenvalue weighted by molar-refractivity contribution is 0.112. The fraction of sp³-hybridized carbons (Fsp3) is 0.273. The van der Waals surface area contributed by atoms with Gasteiger partial charge in [0.05, 0.1) is 13.1 Å². The standard InChI is InChI=1S/C11H11NO4/c13-7-8-1-2-10-9(5-8)6-12(11(14)15)3-4-16-10/h1-2,5,7H,3-4,6H2,(H,14,15). The summed E-state index contributed by atoms with van der Waals surface area (Å²) >= 11 is 0. The lowest BCUT2D eigenvalue weighted by Gasteiger charge is -2.14. The van der Waals surface area contributed by atoms with Gasteiger partial charge in [-0.2, -0.15) is 0 Å². The van der Waals surface area contributed by atoms with E-state index in [1.54, 1.807) is 18.2 Å². The highest BCUT2D eigenvalue weighted by atomic mass is 16.5. The molecule has 0 unspecified atom stereocenters. The maximum absolute atomic E-state index is 10.9. The van der Waals surface area contributed by atoms with E-state index in [2.05, 4.69) is 0 Å². The van der Waals surface area contributed by atoms with Gasteiger partial charge in [0.1, 0.15) is 18.6 Å². The molecule has 1 N–H and O–H groups in total. The van der Waals surface area contributed by atoms with Crippen LogP contribution in [0, 0.1) is 0 Å². The molecule has 0 fully saturated rings. The molecule has 0 spiro atoms. The first-order valence-corrected chi connectivity index (χ1v) is 4.89. The smallest absolute Gasteiger partial charge is 0.407 e. The minimum atomic E-state index is -0.979. The largest absolute Gasteiger partial charge is 0.491 e. The highest BCUT2D eigenvalue weighted by molar-refractivity contribution is 5.76. The third kappa shape index (κ3) is 1.98. The van der Waals surface area contributed by atoms with E-state index >= 15 is 0 Å². The Morgan fingerprint density at radius 3 is 3.00 bits per heavy atom. The molecular weight excluding hydrogens is 210 g/mol. The fourth-order valence-corrected chi connectivity index (χ4v) is 1.65. The van der Waals surface area contributed by atoms with Gasteiger partial charge in [0.2, 0.25) is 0 Å². The summed E-state index contributed by atoms with van der Waals surface area (Å²) in [5, 5.41) is 8.92. The number of hydrogen-bond donors (Lipinski definition) is 1. The number of fused-ring (bicyclic) bond motifs is 1. The molecule has 1 aromatic carbocycles. The number of aldehydes is 1. The van der Waals surface area contributed by atoms with Crippen molar-refractivity contribution in [2.24, 2.45) is 0 Å². The Kier molecular flexibility index (Phi) is 2.76. The zero-order valence-corrected chi connectivity index (χ0v) is 8.55. The lowest BCUT2D eigenvalue weighted by Crippen LogP contribution is -2.30. The maximum Gasteiger partial charge on any atom is 0.407 e. The summed E-state index contributed by atoms with van der Waals surface area (Å²) in [7, 11) is 0. The van der Waals surface area contributed by atoms with Crippen molar-refractivity contribution in [1.29, 1.82) is 0 Å². The minimum Gasteiger partial charge on any atom is -0.491 e. The number of carbonyl (C=O) groups is 2. The van der Waals surface area contributed by atoms with Crippen molar-refractivity contribution in [2.75, 3.05) is 13.2 Å². The van der Waals surface area contributed by atoms with Gasteiger partial charge in [-0.05, 0) is 18.2 Å². The van der Waals surface area contributed by atoms with Crippen LogP contribution in [0.25, 0.3) is 0 Å². The Hall–Kier alpha value is -2.04. The van der Waals surface area contributed by atoms with Crippen LogP contribution in [0.15, 0.2) is 18.2 Å². The number of amides is 1. The zero-order valence-electron chi connectivity index (χ0n) is 8.55. The van der Waals surface area contributed by atoms with Crippen molar-refractivity contribution in [1.82, 2.24) is 4.90 Å². The van der Waals surface area contributed by atoms with Crippen LogP contribution in [0.3, 0.4) is 0 Å². The molecule has 0 bridgehead atoms. The lowest BCUT2D eigenvalue weighted by atomic mass is 10.1. The van der Waals surface area contributed by atoms with E-state index in [4.69, 9.17) is 9.84 Å². The van der Waals surface area contributed by atoms with Gasteiger partial charge < -0.3 is 14.7 Å². The van der Waals surface area contributed by atoms with E-state index in [0.717, 1.165) is 11.8 Å². The summed E-state index contributed by atoms with van der Waals surface area (Å²) in [6, 6.07) is 5.01. The Morgan fingerprint density at radius 2 is 2.31 bits per heavy atom. The van der Waals surface area contributed by atoms with Crippen LogP contribution in [0.2, 0.25) is 0 Å². The van der Waals surface area contributed by atoms with Gasteiger partial charge >= 0.3 is 6.09 Å². The second-order valence-electron chi connectivity index (χ2n) is 3.54. The van der Waals surface area contributed by atoms with Crippen molar-refractivity contribution in [3.05, 3.63) is 29.3 Å². The third-order valence-corrected chi connectivity index (χ3v) is 2.47. The van der Waals surface area contributed by atoms with E-state index in [1.807, 2.05) is 0 Å². The Morgan fingerprint density at radius 1 is 1.50 bits per heavy atom. The molecule has 5 heteroatoms. The van der Waals surface area contributed by atoms with Gasteiger partial charge in [-0.3, -0.25) is 4.79 Å². The van der Waals surface area contributed by atoms with Crippen molar-refractivity contribution < 1.29 is 19.4 Å². The summed E-state index contributed by atoms with van der Waals surface area (Å²) in [6.45, 7) is 0.923. The van der Waals surface area contributed by atoms with Crippen LogP contribution in [0.5, 0.6) is 5.75 Å². The second kappa shape index (κ2) is 4.22. The summed E-state index contributed by atoms with van der Waals surface area (Å²) in [4.78, 5) is 22.8. The van der Waals surface area contributed by atoms with Crippen molar-refractivity contribution >= 4 is 12.4 Å². The molecular formula is C11H11NO4. The predicted molar refractivity (Wildman–Crippen MR) is 55.8 cm³/mol. The average molecular weight is 221 g/mol. The molecule has 1 aromatic rings. The van der Waals surface area contributed by atoms with Gasteiger partial charge in [0.15, 0.2) is 0 Å². The molecule has 84 valence electrons. The van der Waals surface area contributed by atoms with E-state index in [-0.39, 0.29) is 6.54 Å². The number of carbonyl (C=O) groups excluding carboxylic acids is 1. The first kappa shape index (κ1) is 10.5. The Balaban J connectivity index is 2.33. The number of nitrogens with zero attached hydrogens (tertiary/aromatic N) is 1. The first-order chi connectivity index (χ1) is 7.70. The highest BCUT2D eigenvalue weighted by Gasteiger charge is 2.18. The molecule has 1 aliphatic rings. The number of hydrogen-bond acceptors (Lipinski definition) is 3. The molecule has 0 atom stereocenters. The number of ether oxygens (including phenoxy) is 1. The van der Waals surface area contributed by atoms with Crippen LogP contribution >= 0.6 is 0 Å². The Labute approximate surface area is 92.2 Å². The molecule has 0 aromatic heterocycles. The maximum atomic E-state index is 10.9. The fourth-order valence-electron chi connectivity index (χ4n) is 1.65. The third-order valence-electron chi connectivity index (χ3n) is 2.47. The number of rotatable bonds is 1. The van der Waals surface area contributed by atoms with E-state index in [1.165, 1.54) is 4.90 Å². The van der Waals surface area contributed by atoms with E-state index in [0.29, 0.717) is 24.5 Å². The van der Waals surface area contributed by atoms with Crippen LogP contribution in [0.1, 0.15) is 15.9 Å². The SMILES string of the molecule is O=Cc1ccc2c(c1)CN(C(=O)O)CCO2. The number of benzene rings is 1.